The van der Waals surface area contributed by atoms with Gasteiger partial charge in [-0.05, 0) is 31.9 Å². The number of hydrogen-bond acceptors (Lipinski definition) is 5. The van der Waals surface area contributed by atoms with Crippen molar-refractivity contribution in [3.8, 4) is 11.3 Å². The zero-order valence-electron chi connectivity index (χ0n) is 17.6. The molecule has 0 radical (unpaired) electrons. The van der Waals surface area contributed by atoms with Crippen molar-refractivity contribution in [3.05, 3.63) is 80.2 Å². The maximum Gasteiger partial charge on any atom is 0.277 e. The summed E-state index contributed by atoms with van der Waals surface area (Å²) < 4.78 is 9.28. The smallest absolute Gasteiger partial charge is 0.277 e. The van der Waals surface area contributed by atoms with E-state index in [2.05, 4.69) is 10.1 Å². The molecule has 1 aliphatic rings. The van der Waals surface area contributed by atoms with Crippen molar-refractivity contribution in [1.29, 1.82) is 0 Å². The lowest BCUT2D eigenvalue weighted by Crippen LogP contribution is -2.23. The Balaban J connectivity index is 1.64. The molecule has 0 spiro atoms. The summed E-state index contributed by atoms with van der Waals surface area (Å²) in [6.45, 7) is 2.32. The number of halogens is 2. The Labute approximate surface area is 194 Å². The molecule has 7 nitrogen and oxygen atoms in total. The van der Waals surface area contributed by atoms with Crippen LogP contribution in [0.15, 0.2) is 47.7 Å². The summed E-state index contributed by atoms with van der Waals surface area (Å²) in [5, 5.41) is 5.00. The Kier molecular flexibility index (Phi) is 5.49. The van der Waals surface area contributed by atoms with Crippen LogP contribution < -0.4 is 5.56 Å². The fourth-order valence-electron chi connectivity index (χ4n) is 4.15. The van der Waals surface area contributed by atoms with E-state index in [-0.39, 0.29) is 22.6 Å². The maximum absolute atomic E-state index is 13.0. The Morgan fingerprint density at radius 3 is 2.62 bits per heavy atom. The predicted molar refractivity (Wildman–Crippen MR) is 123 cm³/mol. The van der Waals surface area contributed by atoms with Gasteiger partial charge in [0.05, 0.1) is 23.7 Å². The van der Waals surface area contributed by atoms with Crippen LogP contribution in [0.3, 0.4) is 0 Å². The van der Waals surface area contributed by atoms with Gasteiger partial charge in [0.1, 0.15) is 10.7 Å². The number of fused-ring (bicyclic) bond motifs is 1. The van der Waals surface area contributed by atoms with Gasteiger partial charge in [0.2, 0.25) is 0 Å². The molecule has 0 amide bonds. The van der Waals surface area contributed by atoms with Crippen molar-refractivity contribution >= 4 is 28.8 Å². The molecule has 32 heavy (non-hydrogen) atoms. The van der Waals surface area contributed by atoms with Gasteiger partial charge in [-0.1, -0.05) is 35.3 Å². The third-order valence-electron chi connectivity index (χ3n) is 5.86. The van der Waals surface area contributed by atoms with Gasteiger partial charge in [0, 0.05) is 48.1 Å². The minimum Gasteiger partial charge on any atom is -0.373 e. The van der Waals surface area contributed by atoms with Crippen molar-refractivity contribution in [2.75, 3.05) is 6.61 Å². The van der Waals surface area contributed by atoms with E-state index in [0.717, 1.165) is 29.7 Å². The number of rotatable bonds is 3. The molecule has 4 aromatic rings. The molecule has 0 unspecified atom stereocenters. The highest BCUT2D eigenvalue weighted by Crippen LogP contribution is 2.37. The fraction of sp³-hybridized carbons (Fsp3) is 0.304. The number of aromatic nitrogens is 5. The normalized spacial score (nSPS) is 18.9. The molecule has 9 heteroatoms. The van der Waals surface area contributed by atoms with Crippen LogP contribution in [0.4, 0.5) is 0 Å². The summed E-state index contributed by atoms with van der Waals surface area (Å²) in [4.78, 5) is 22.6. The lowest BCUT2D eigenvalue weighted by Gasteiger charge is -2.29. The maximum atomic E-state index is 13.0. The van der Waals surface area contributed by atoms with Crippen molar-refractivity contribution in [2.45, 2.75) is 31.8 Å². The van der Waals surface area contributed by atoms with E-state index < -0.39 is 0 Å². The molecule has 1 fully saturated rings. The summed E-state index contributed by atoms with van der Waals surface area (Å²) in [6, 6.07) is 7.37. The molecule has 164 valence electrons. The molecule has 1 saturated heterocycles. The third kappa shape index (κ3) is 3.81. The SMILES string of the molecule is Cc1nc2c(-c3ccc(Cl)cc3)nc([C@H]3CCO[C@@H](c4cnn(C)c4)C3)cn2c(=O)c1Cl. The minimum absolute atomic E-state index is 0.0737. The first-order valence-corrected chi connectivity index (χ1v) is 11.1. The summed E-state index contributed by atoms with van der Waals surface area (Å²) in [5.74, 6) is 0.108. The average Bonchev–Trinajstić information content (AvgIpc) is 3.24. The van der Waals surface area contributed by atoms with Gasteiger partial charge < -0.3 is 4.74 Å². The molecule has 2 atom stereocenters. The van der Waals surface area contributed by atoms with Gasteiger partial charge in [0.25, 0.3) is 5.56 Å². The summed E-state index contributed by atoms with van der Waals surface area (Å²) in [6.07, 6.45) is 7.04. The van der Waals surface area contributed by atoms with Crippen LogP contribution in [0.5, 0.6) is 0 Å². The molecule has 0 saturated carbocycles. The van der Waals surface area contributed by atoms with E-state index >= 15 is 0 Å². The van der Waals surface area contributed by atoms with Crippen LogP contribution in [0.1, 0.15) is 41.8 Å². The van der Waals surface area contributed by atoms with Crippen molar-refractivity contribution in [2.24, 2.45) is 7.05 Å². The van der Waals surface area contributed by atoms with Gasteiger partial charge in [-0.2, -0.15) is 5.10 Å². The van der Waals surface area contributed by atoms with E-state index in [1.54, 1.807) is 29.9 Å². The lowest BCUT2D eigenvalue weighted by atomic mass is 9.90. The third-order valence-corrected chi connectivity index (χ3v) is 6.54. The van der Waals surface area contributed by atoms with E-state index in [1.807, 2.05) is 31.6 Å². The lowest BCUT2D eigenvalue weighted by molar-refractivity contribution is 0.00456. The molecular formula is C23H21Cl2N5O2. The number of nitrogens with zero attached hydrogens (tertiary/aromatic N) is 5. The van der Waals surface area contributed by atoms with E-state index in [9.17, 15) is 4.79 Å². The van der Waals surface area contributed by atoms with Gasteiger partial charge in [-0.25, -0.2) is 9.97 Å². The second-order valence-electron chi connectivity index (χ2n) is 8.06. The highest BCUT2D eigenvalue weighted by Gasteiger charge is 2.28. The summed E-state index contributed by atoms with van der Waals surface area (Å²) in [5.41, 5.74) is 3.95. The van der Waals surface area contributed by atoms with Crippen LogP contribution in [0.25, 0.3) is 16.9 Å². The van der Waals surface area contributed by atoms with Gasteiger partial charge in [-0.15, -0.1) is 0 Å². The van der Waals surface area contributed by atoms with Gasteiger partial charge in [0.15, 0.2) is 5.65 Å². The van der Waals surface area contributed by atoms with Crippen LogP contribution in [0.2, 0.25) is 10.0 Å². The molecule has 0 aliphatic carbocycles. The Morgan fingerprint density at radius 2 is 1.91 bits per heavy atom. The predicted octanol–water partition coefficient (Wildman–Crippen LogP) is 4.74. The van der Waals surface area contributed by atoms with E-state index in [0.29, 0.717) is 28.7 Å². The number of hydrogen-bond donors (Lipinski definition) is 0. The second-order valence-corrected chi connectivity index (χ2v) is 8.87. The summed E-state index contributed by atoms with van der Waals surface area (Å²) in [7, 11) is 1.89. The molecule has 0 N–H and O–H groups in total. The quantitative estimate of drug-likeness (QED) is 0.433. The number of ether oxygens (including phenoxy) is 1. The number of benzene rings is 1. The first kappa shape index (κ1) is 21.1. The first-order chi connectivity index (χ1) is 15.4. The van der Waals surface area contributed by atoms with Crippen molar-refractivity contribution in [3.63, 3.8) is 0 Å². The standard InChI is InChI=1S/C23H21Cl2N5O2/c1-13-20(25)23(31)30-12-18(15-7-8-32-19(9-15)16-10-26-29(2)11-16)28-21(22(30)27-13)14-3-5-17(24)6-4-14/h3-6,10-12,15,19H,7-9H2,1-2H3/t15-,19+/m0/s1. The molecule has 3 aromatic heterocycles. The van der Waals surface area contributed by atoms with Crippen LogP contribution in [0, 0.1) is 6.92 Å². The minimum atomic E-state index is -0.302. The molecule has 1 aromatic carbocycles. The Hall–Kier alpha value is -2.74. The largest absolute Gasteiger partial charge is 0.373 e. The zero-order chi connectivity index (χ0) is 22.4. The average molecular weight is 470 g/mol. The van der Waals surface area contributed by atoms with E-state index in [1.165, 1.54) is 4.40 Å². The zero-order valence-corrected chi connectivity index (χ0v) is 19.1. The number of aryl methyl sites for hydroxylation is 2. The van der Waals surface area contributed by atoms with E-state index in [4.69, 9.17) is 32.9 Å². The van der Waals surface area contributed by atoms with Crippen LogP contribution >= 0.6 is 23.2 Å². The van der Waals surface area contributed by atoms with Crippen molar-refractivity contribution in [1.82, 2.24) is 24.1 Å². The first-order valence-electron chi connectivity index (χ1n) is 10.4. The monoisotopic (exact) mass is 469 g/mol. The highest BCUT2D eigenvalue weighted by molar-refractivity contribution is 6.31. The topological polar surface area (TPSA) is 74.3 Å². The molecular weight excluding hydrogens is 449 g/mol. The van der Waals surface area contributed by atoms with Crippen LogP contribution in [-0.2, 0) is 11.8 Å². The van der Waals surface area contributed by atoms with Gasteiger partial charge in [-0.3, -0.25) is 13.9 Å². The summed E-state index contributed by atoms with van der Waals surface area (Å²) >= 11 is 12.3. The van der Waals surface area contributed by atoms with Crippen molar-refractivity contribution < 1.29 is 4.74 Å². The molecule has 4 heterocycles. The van der Waals surface area contributed by atoms with Crippen LogP contribution in [-0.4, -0.2) is 30.8 Å². The van der Waals surface area contributed by atoms with Gasteiger partial charge >= 0.3 is 0 Å². The molecule has 5 rings (SSSR count). The highest BCUT2D eigenvalue weighted by atomic mass is 35.5. The second kappa shape index (κ2) is 8.31. The fourth-order valence-corrected chi connectivity index (χ4v) is 4.41. The Morgan fingerprint density at radius 1 is 1.12 bits per heavy atom. The molecule has 1 aliphatic heterocycles. The molecule has 0 bridgehead atoms. The Bertz CT molecular complexity index is 1360.